The van der Waals surface area contributed by atoms with Gasteiger partial charge in [0.1, 0.15) is 0 Å². The number of fused-ring (bicyclic) bond motifs is 14. The molecule has 6 nitrogen and oxygen atoms in total. The van der Waals surface area contributed by atoms with Gasteiger partial charge in [-0.05, 0) is 110 Å². The molecule has 16 rings (SSSR count). The Morgan fingerprint density at radius 1 is 0.329 bits per heavy atom. The van der Waals surface area contributed by atoms with Gasteiger partial charge in [-0.15, -0.1) is 0 Å². The average molecular weight is 1050 g/mol. The molecule has 0 N–H and O–H groups in total. The lowest BCUT2D eigenvalue weighted by Gasteiger charge is -2.23. The molecule has 0 unspecified atom stereocenters. The van der Waals surface area contributed by atoms with Crippen molar-refractivity contribution in [1.82, 2.24) is 24.1 Å². The predicted molar refractivity (Wildman–Crippen MR) is 337 cm³/mol. The molecule has 14 aromatic rings. The highest BCUT2D eigenvalue weighted by atomic mass is 15.0. The van der Waals surface area contributed by atoms with E-state index in [1.165, 1.54) is 66.1 Å². The first kappa shape index (κ1) is 47.5. The number of nitrogens with zero attached hydrogens (tertiary/aromatic N) is 6. The van der Waals surface area contributed by atoms with Crippen LogP contribution < -0.4 is 0 Å². The van der Waals surface area contributed by atoms with Crippen LogP contribution in [0, 0.1) is 6.57 Å². The van der Waals surface area contributed by atoms with Gasteiger partial charge >= 0.3 is 0 Å². The predicted octanol–water partition coefficient (Wildman–Crippen LogP) is 19.6. The van der Waals surface area contributed by atoms with Crippen LogP contribution in [0.15, 0.2) is 243 Å². The van der Waals surface area contributed by atoms with Gasteiger partial charge < -0.3 is 9.13 Å². The first-order valence-electron chi connectivity index (χ1n) is 28.1. The van der Waals surface area contributed by atoms with Gasteiger partial charge in [-0.25, -0.2) is 19.8 Å². The molecule has 2 aliphatic rings. The molecule has 2 aliphatic carbocycles. The molecule has 0 atom stereocenters. The summed E-state index contributed by atoms with van der Waals surface area (Å²) >= 11 is 0. The Hall–Kier alpha value is -10.5. The lowest BCUT2D eigenvalue weighted by atomic mass is 9.80. The van der Waals surface area contributed by atoms with Gasteiger partial charge in [0.2, 0.25) is 0 Å². The summed E-state index contributed by atoms with van der Waals surface area (Å²) in [5.74, 6) is 1.79. The van der Waals surface area contributed by atoms with Gasteiger partial charge in [0, 0.05) is 60.2 Å². The first-order valence-corrected chi connectivity index (χ1v) is 28.1. The van der Waals surface area contributed by atoms with Crippen LogP contribution in [-0.4, -0.2) is 24.1 Å². The van der Waals surface area contributed by atoms with Gasteiger partial charge in [0.15, 0.2) is 23.2 Å². The number of hydrogen-bond acceptors (Lipinski definition) is 3. The second kappa shape index (κ2) is 17.8. The highest BCUT2D eigenvalue weighted by Crippen LogP contribution is 2.56. The van der Waals surface area contributed by atoms with Crippen molar-refractivity contribution in [1.29, 1.82) is 0 Å². The quantitative estimate of drug-likeness (QED) is 0.149. The van der Waals surface area contributed by atoms with Gasteiger partial charge in [-0.2, -0.15) is 0 Å². The topological polar surface area (TPSA) is 52.9 Å². The van der Waals surface area contributed by atoms with E-state index in [1.807, 2.05) is 48.5 Å². The standard InChI is InChI=1S/C76H52N6/c1-75(2)60-28-16-12-24-52(60)54-38-42-66-68(70(54)75)56-26-14-18-30-62(56)81(66)64-40-34-49(44-58(64)46-32-36-51(77-5)37-33-46)59-45-50(74-79-72(47-20-8-6-9-21-47)78-73(80-74)48-22-10-7-11-23-48)35-41-65(59)82-63-31-19-15-27-57(63)69-67(82)43-39-55-53-25-13-17-29-61(53)76(3,4)71(55)69/h6-45H,1-4H3. The largest absolute Gasteiger partial charge is 0.309 e. The molecule has 82 heavy (non-hydrogen) atoms. The number of para-hydroxylation sites is 2. The summed E-state index contributed by atoms with van der Waals surface area (Å²) in [7, 11) is 0. The minimum absolute atomic E-state index is 0.223. The molecule has 0 saturated carbocycles. The van der Waals surface area contributed by atoms with Crippen molar-refractivity contribution in [2.45, 2.75) is 38.5 Å². The van der Waals surface area contributed by atoms with Crippen LogP contribution in [0.5, 0.6) is 0 Å². The molecule has 386 valence electrons. The lowest BCUT2D eigenvalue weighted by molar-refractivity contribution is 0.666. The Labute approximate surface area is 475 Å². The molecule has 0 aliphatic heterocycles. The van der Waals surface area contributed by atoms with E-state index in [2.05, 4.69) is 236 Å². The van der Waals surface area contributed by atoms with Crippen LogP contribution in [0.1, 0.15) is 49.9 Å². The summed E-state index contributed by atoms with van der Waals surface area (Å²) in [5.41, 5.74) is 24.1. The summed E-state index contributed by atoms with van der Waals surface area (Å²) in [4.78, 5) is 19.5. The zero-order valence-corrected chi connectivity index (χ0v) is 45.8. The third-order valence-corrected chi connectivity index (χ3v) is 17.8. The van der Waals surface area contributed by atoms with Gasteiger partial charge in [0.05, 0.1) is 40.0 Å². The van der Waals surface area contributed by atoms with Gasteiger partial charge in [0.25, 0.3) is 0 Å². The smallest absolute Gasteiger partial charge is 0.187 e. The normalized spacial score (nSPS) is 13.5. The average Bonchev–Trinajstić information content (AvgIpc) is 4.12. The maximum atomic E-state index is 7.97. The summed E-state index contributed by atoms with van der Waals surface area (Å²) < 4.78 is 4.95. The van der Waals surface area contributed by atoms with Crippen LogP contribution >= 0.6 is 0 Å². The second-order valence-electron chi connectivity index (χ2n) is 23.0. The summed E-state index contributed by atoms with van der Waals surface area (Å²) in [6, 6.07) is 87.1. The fourth-order valence-corrected chi connectivity index (χ4v) is 14.1. The first-order chi connectivity index (χ1) is 40.2. The highest BCUT2D eigenvalue weighted by Gasteiger charge is 2.40. The molecule has 0 spiro atoms. The molecule has 0 bridgehead atoms. The van der Waals surface area contributed by atoms with E-state index >= 15 is 0 Å². The van der Waals surface area contributed by atoms with E-state index in [0.717, 1.165) is 72.4 Å². The maximum Gasteiger partial charge on any atom is 0.187 e. The van der Waals surface area contributed by atoms with Crippen molar-refractivity contribution in [2.75, 3.05) is 0 Å². The fourth-order valence-electron chi connectivity index (χ4n) is 14.1. The van der Waals surface area contributed by atoms with Gasteiger partial charge in [-0.3, -0.25) is 0 Å². The SMILES string of the molecule is [C-]#[N+]c1ccc(-c2cc(-c3cc(-c4nc(-c5ccccc5)nc(-c5ccccc5)n4)ccc3-n3c4ccccc4c4c5c(ccc43)-c3ccccc3C5(C)C)ccc2-n2c3ccccc3c3c4c(ccc32)-c2ccccc2C4(C)C)cc1. The number of rotatable bonds is 7. The molecule has 3 heterocycles. The van der Waals surface area contributed by atoms with Crippen LogP contribution in [-0.2, 0) is 10.8 Å². The van der Waals surface area contributed by atoms with E-state index in [0.29, 0.717) is 23.2 Å². The zero-order chi connectivity index (χ0) is 55.0. The van der Waals surface area contributed by atoms with Crippen LogP contribution in [0.25, 0.3) is 139 Å². The zero-order valence-electron chi connectivity index (χ0n) is 45.8. The van der Waals surface area contributed by atoms with Crippen LogP contribution in [0.2, 0.25) is 0 Å². The second-order valence-corrected chi connectivity index (χ2v) is 23.0. The Morgan fingerprint density at radius 2 is 0.732 bits per heavy atom. The van der Waals surface area contributed by atoms with E-state index in [4.69, 9.17) is 21.5 Å². The third kappa shape index (κ3) is 6.90. The molecule has 0 radical (unpaired) electrons. The van der Waals surface area contributed by atoms with E-state index < -0.39 is 0 Å². The molecular weight excluding hydrogens is 997 g/mol. The van der Waals surface area contributed by atoms with Crippen molar-refractivity contribution < 1.29 is 0 Å². The molecule has 0 amide bonds. The number of aromatic nitrogens is 5. The Bertz CT molecular complexity index is 4980. The third-order valence-electron chi connectivity index (χ3n) is 17.8. The van der Waals surface area contributed by atoms with Crippen molar-refractivity contribution >= 4 is 49.3 Å². The summed E-state index contributed by atoms with van der Waals surface area (Å²) in [5, 5.41) is 4.97. The Morgan fingerprint density at radius 3 is 1.23 bits per heavy atom. The maximum absolute atomic E-state index is 7.97. The van der Waals surface area contributed by atoms with Crippen LogP contribution in [0.4, 0.5) is 5.69 Å². The monoisotopic (exact) mass is 1050 g/mol. The summed E-state index contributed by atoms with van der Waals surface area (Å²) in [6.07, 6.45) is 0. The van der Waals surface area contributed by atoms with Crippen molar-refractivity contribution in [3.05, 3.63) is 276 Å². The molecular formula is C76H52N6. The minimum Gasteiger partial charge on any atom is -0.309 e. The van der Waals surface area contributed by atoms with E-state index in [1.54, 1.807) is 0 Å². The highest BCUT2D eigenvalue weighted by molar-refractivity contribution is 6.16. The minimum atomic E-state index is -0.237. The summed E-state index contributed by atoms with van der Waals surface area (Å²) in [6.45, 7) is 17.5. The fraction of sp³-hybridized carbons (Fsp3) is 0.0789. The molecule has 6 heteroatoms. The van der Waals surface area contributed by atoms with Crippen molar-refractivity contribution in [2.24, 2.45) is 0 Å². The van der Waals surface area contributed by atoms with Crippen LogP contribution in [0.3, 0.4) is 0 Å². The Balaban J connectivity index is 0.984. The number of hydrogen-bond donors (Lipinski definition) is 0. The molecule has 3 aromatic heterocycles. The molecule has 0 fully saturated rings. The van der Waals surface area contributed by atoms with Crippen molar-refractivity contribution in [3.63, 3.8) is 0 Å². The van der Waals surface area contributed by atoms with E-state index in [-0.39, 0.29) is 10.8 Å². The lowest BCUT2D eigenvalue weighted by Crippen LogP contribution is -2.15. The molecule has 11 aromatic carbocycles. The van der Waals surface area contributed by atoms with Crippen molar-refractivity contribution in [3.8, 4) is 90.0 Å². The Kier molecular flexibility index (Phi) is 10.3. The van der Waals surface area contributed by atoms with E-state index in [9.17, 15) is 0 Å². The number of benzene rings is 11. The molecule has 0 saturated heterocycles. The van der Waals surface area contributed by atoms with Gasteiger partial charge in [-0.1, -0.05) is 216 Å².